The summed E-state index contributed by atoms with van der Waals surface area (Å²) in [5.41, 5.74) is 4.18. The molecule has 0 aliphatic carbocycles. The smallest absolute Gasteiger partial charge is 0.0281 e. The molecule has 0 atom stereocenters. The number of hydrogen-bond acceptors (Lipinski definition) is 0. The van der Waals surface area contributed by atoms with Crippen molar-refractivity contribution >= 4 is 0 Å². The van der Waals surface area contributed by atoms with Crippen molar-refractivity contribution in [3.05, 3.63) is 71.3 Å². The van der Waals surface area contributed by atoms with Crippen LogP contribution in [0.4, 0.5) is 0 Å². The second-order valence-electron chi connectivity index (χ2n) is 4.32. The molecule has 0 saturated carbocycles. The molecule has 0 fully saturated rings. The Kier molecular flexibility index (Phi) is 6.09. The molecule has 2 aromatic carbocycles. The first-order valence-electron chi connectivity index (χ1n) is 6.30. The normalized spacial score (nSPS) is 9.35. The van der Waals surface area contributed by atoms with Crippen LogP contribution in [0.15, 0.2) is 54.6 Å². The summed E-state index contributed by atoms with van der Waals surface area (Å²) in [6.07, 6.45) is 2.45. The average molecular weight is 226 g/mol. The molecule has 0 spiro atoms. The molecule has 0 saturated heterocycles. The van der Waals surface area contributed by atoms with Crippen molar-refractivity contribution in [3.63, 3.8) is 0 Å². The summed E-state index contributed by atoms with van der Waals surface area (Å²) in [7, 11) is 0. The Morgan fingerprint density at radius 2 is 1.18 bits per heavy atom. The molecule has 2 rings (SSSR count). The fraction of sp³-hybridized carbons (Fsp3) is 0.294. The Bertz CT molecular complexity index is 394. The quantitative estimate of drug-likeness (QED) is 0.680. The van der Waals surface area contributed by atoms with E-state index in [-0.39, 0.29) is 0 Å². The van der Waals surface area contributed by atoms with Crippen molar-refractivity contribution in [1.29, 1.82) is 0 Å². The molecule has 0 nitrogen and oxygen atoms in total. The van der Waals surface area contributed by atoms with Crippen molar-refractivity contribution in [3.8, 4) is 0 Å². The highest BCUT2D eigenvalue weighted by molar-refractivity contribution is 5.23. The fourth-order valence-electron chi connectivity index (χ4n) is 1.60. The maximum absolute atomic E-state index is 2.20. The van der Waals surface area contributed by atoms with Gasteiger partial charge in [-0.25, -0.2) is 0 Å². The van der Waals surface area contributed by atoms with E-state index < -0.39 is 0 Å². The third-order valence-electron chi connectivity index (χ3n) is 2.81. The predicted molar refractivity (Wildman–Crippen MR) is 76.4 cm³/mol. The Labute approximate surface area is 105 Å². The zero-order valence-corrected chi connectivity index (χ0v) is 11.1. The molecular formula is C17H22. The molecule has 0 N–H and O–H groups in total. The number of hydrogen-bond donors (Lipinski definition) is 0. The third-order valence-corrected chi connectivity index (χ3v) is 2.81. The van der Waals surface area contributed by atoms with E-state index in [0.717, 1.165) is 0 Å². The van der Waals surface area contributed by atoms with Crippen LogP contribution in [-0.2, 0) is 6.42 Å². The van der Waals surface area contributed by atoms with Gasteiger partial charge in [-0.1, -0.05) is 67.9 Å². The van der Waals surface area contributed by atoms with Gasteiger partial charge in [0.15, 0.2) is 0 Å². The Morgan fingerprint density at radius 1 is 0.706 bits per heavy atom. The van der Waals surface area contributed by atoms with Crippen LogP contribution < -0.4 is 0 Å². The summed E-state index contributed by atoms with van der Waals surface area (Å²) in [6, 6.07) is 18.9. The van der Waals surface area contributed by atoms with E-state index in [2.05, 4.69) is 75.4 Å². The average Bonchev–Trinajstić information content (AvgIpc) is 2.36. The van der Waals surface area contributed by atoms with Crippen LogP contribution in [0.3, 0.4) is 0 Å². The van der Waals surface area contributed by atoms with Gasteiger partial charge < -0.3 is 0 Å². The number of benzene rings is 2. The Hall–Kier alpha value is -1.56. The van der Waals surface area contributed by atoms with E-state index in [4.69, 9.17) is 0 Å². The van der Waals surface area contributed by atoms with Crippen molar-refractivity contribution in [1.82, 2.24) is 0 Å². The minimum absolute atomic E-state index is 1.21. The van der Waals surface area contributed by atoms with Crippen LogP contribution in [-0.4, -0.2) is 0 Å². The Morgan fingerprint density at radius 3 is 1.59 bits per heavy atom. The maximum atomic E-state index is 2.20. The second-order valence-corrected chi connectivity index (χ2v) is 4.32. The van der Waals surface area contributed by atoms with Crippen LogP contribution >= 0.6 is 0 Å². The summed E-state index contributed by atoms with van der Waals surface area (Å²) in [5, 5.41) is 0. The lowest BCUT2D eigenvalue weighted by Gasteiger charge is -1.93. The van der Waals surface area contributed by atoms with Crippen LogP contribution in [0.5, 0.6) is 0 Å². The molecule has 2 aromatic rings. The monoisotopic (exact) mass is 226 g/mol. The van der Waals surface area contributed by atoms with Gasteiger partial charge in [-0.05, 0) is 37.0 Å². The molecule has 0 heteroatoms. The van der Waals surface area contributed by atoms with E-state index in [9.17, 15) is 0 Å². The van der Waals surface area contributed by atoms with Crippen LogP contribution in [0.2, 0.25) is 0 Å². The number of aryl methyl sites for hydroxylation is 3. The van der Waals surface area contributed by atoms with Crippen molar-refractivity contribution in [2.45, 2.75) is 33.6 Å². The van der Waals surface area contributed by atoms with Gasteiger partial charge in [-0.2, -0.15) is 0 Å². The molecule has 0 unspecified atom stereocenters. The van der Waals surface area contributed by atoms with Gasteiger partial charge in [0.05, 0.1) is 0 Å². The van der Waals surface area contributed by atoms with Crippen LogP contribution in [0, 0.1) is 13.8 Å². The van der Waals surface area contributed by atoms with E-state index >= 15 is 0 Å². The van der Waals surface area contributed by atoms with Crippen molar-refractivity contribution in [2.24, 2.45) is 0 Å². The lowest BCUT2D eigenvalue weighted by atomic mass is 10.1. The molecule has 0 bridgehead atoms. The second kappa shape index (κ2) is 7.67. The molecule has 0 aliphatic rings. The molecule has 0 amide bonds. The van der Waals surface area contributed by atoms with Crippen LogP contribution in [0.1, 0.15) is 30.0 Å². The summed E-state index contributed by atoms with van der Waals surface area (Å²) >= 11 is 0. The highest BCUT2D eigenvalue weighted by Gasteiger charge is 1.85. The van der Waals surface area contributed by atoms with E-state index in [1.54, 1.807) is 0 Å². The van der Waals surface area contributed by atoms with Crippen molar-refractivity contribution < 1.29 is 0 Å². The molecule has 0 aliphatic heterocycles. The molecule has 90 valence electrons. The molecule has 0 heterocycles. The first-order chi connectivity index (χ1) is 8.24. The summed E-state index contributed by atoms with van der Waals surface area (Å²) in [4.78, 5) is 0. The van der Waals surface area contributed by atoms with Gasteiger partial charge in [-0.15, -0.1) is 0 Å². The van der Waals surface area contributed by atoms with Gasteiger partial charge in [0.2, 0.25) is 0 Å². The van der Waals surface area contributed by atoms with Gasteiger partial charge >= 0.3 is 0 Å². The molecule has 0 radical (unpaired) electrons. The molecular weight excluding hydrogens is 204 g/mol. The summed E-state index contributed by atoms with van der Waals surface area (Å²) in [6.45, 7) is 6.44. The van der Waals surface area contributed by atoms with Gasteiger partial charge in [-0.3, -0.25) is 0 Å². The highest BCUT2D eigenvalue weighted by Crippen LogP contribution is 2.02. The SMILES string of the molecule is CCCc1ccccc1.Cc1ccccc1C. The Balaban J connectivity index is 0.000000171. The predicted octanol–water partition coefficient (Wildman–Crippen LogP) is 4.94. The van der Waals surface area contributed by atoms with E-state index in [1.807, 2.05) is 0 Å². The van der Waals surface area contributed by atoms with Crippen molar-refractivity contribution in [2.75, 3.05) is 0 Å². The summed E-state index contributed by atoms with van der Waals surface area (Å²) < 4.78 is 0. The highest BCUT2D eigenvalue weighted by atomic mass is 13.9. The zero-order chi connectivity index (χ0) is 12.5. The van der Waals surface area contributed by atoms with Crippen LogP contribution in [0.25, 0.3) is 0 Å². The fourth-order valence-corrected chi connectivity index (χ4v) is 1.60. The minimum Gasteiger partial charge on any atom is -0.0651 e. The largest absolute Gasteiger partial charge is 0.0651 e. The number of rotatable bonds is 2. The van der Waals surface area contributed by atoms with Gasteiger partial charge in [0.25, 0.3) is 0 Å². The lowest BCUT2D eigenvalue weighted by Crippen LogP contribution is -1.78. The molecule has 0 aromatic heterocycles. The third kappa shape index (κ3) is 5.35. The lowest BCUT2D eigenvalue weighted by molar-refractivity contribution is 0.922. The maximum Gasteiger partial charge on any atom is -0.0281 e. The van der Waals surface area contributed by atoms with Gasteiger partial charge in [0, 0.05) is 0 Å². The first-order valence-corrected chi connectivity index (χ1v) is 6.30. The zero-order valence-electron chi connectivity index (χ0n) is 11.1. The molecule has 17 heavy (non-hydrogen) atoms. The topological polar surface area (TPSA) is 0 Å². The standard InChI is InChI=1S/C9H12.C8H10/c1-2-6-9-7-4-3-5-8-9;1-7-5-3-4-6-8(7)2/h3-5,7-8H,2,6H2,1H3;3-6H,1-2H3. The van der Waals surface area contributed by atoms with E-state index in [0.29, 0.717) is 0 Å². The first kappa shape index (κ1) is 13.5. The minimum atomic E-state index is 1.21. The summed E-state index contributed by atoms with van der Waals surface area (Å²) in [5.74, 6) is 0. The van der Waals surface area contributed by atoms with Gasteiger partial charge in [0.1, 0.15) is 0 Å². The van der Waals surface area contributed by atoms with E-state index in [1.165, 1.54) is 29.5 Å².